The molecule has 11 rings (SSSR count). The zero-order chi connectivity index (χ0) is 36.7. The maximum atomic E-state index is 6.42. The Morgan fingerprint density at radius 2 is 1.11 bits per heavy atom. The van der Waals surface area contributed by atoms with Crippen molar-refractivity contribution in [3.8, 4) is 33.4 Å². The van der Waals surface area contributed by atoms with Crippen molar-refractivity contribution in [3.05, 3.63) is 199 Å². The van der Waals surface area contributed by atoms with Gasteiger partial charge in [-0.15, -0.1) is 0 Å². The van der Waals surface area contributed by atoms with Crippen LogP contribution in [0.15, 0.2) is 192 Å². The van der Waals surface area contributed by atoms with Gasteiger partial charge in [0.25, 0.3) is 0 Å². The molecule has 10 aromatic rings. The zero-order valence-corrected chi connectivity index (χ0v) is 30.8. The quantitative estimate of drug-likeness (QED) is 0.177. The summed E-state index contributed by atoms with van der Waals surface area (Å²) in [5, 5.41) is 7.21. The zero-order valence-electron chi connectivity index (χ0n) is 30.8. The predicted octanol–water partition coefficient (Wildman–Crippen LogP) is 15.0. The fraction of sp³-hybridized carbons (Fsp3) is 0.0566. The maximum absolute atomic E-state index is 6.42. The molecule has 0 unspecified atom stereocenters. The largest absolute Gasteiger partial charge is 0.456 e. The number of fused-ring (bicyclic) bond motifs is 9. The van der Waals surface area contributed by atoms with Gasteiger partial charge in [0.2, 0.25) is 0 Å². The lowest BCUT2D eigenvalue weighted by atomic mass is 9.79. The third kappa shape index (κ3) is 4.81. The fourth-order valence-corrected chi connectivity index (χ4v) is 9.31. The molecule has 2 heteroatoms. The van der Waals surface area contributed by atoms with Gasteiger partial charge in [0, 0.05) is 22.1 Å². The van der Waals surface area contributed by atoms with Crippen LogP contribution in [0.4, 0.5) is 17.1 Å². The molecule has 0 spiro atoms. The summed E-state index contributed by atoms with van der Waals surface area (Å²) < 4.78 is 6.42. The van der Waals surface area contributed by atoms with E-state index < -0.39 is 0 Å². The summed E-state index contributed by atoms with van der Waals surface area (Å²) in [5.41, 5.74) is 15.3. The van der Waals surface area contributed by atoms with Crippen LogP contribution in [0.2, 0.25) is 0 Å². The molecule has 260 valence electrons. The SMILES string of the molecule is CC1(C)c2ccccc2-c2c(-c3ccc4cc(N(c5ccccc5-c5ccccc5)c5cccc6oc7ccccc7c56)ccc4c3)cc3ccccc3c21. The fourth-order valence-electron chi connectivity index (χ4n) is 9.31. The number of furan rings is 1. The predicted molar refractivity (Wildman–Crippen MR) is 232 cm³/mol. The van der Waals surface area contributed by atoms with E-state index in [2.05, 4.69) is 201 Å². The van der Waals surface area contributed by atoms with Crippen LogP contribution in [0, 0.1) is 0 Å². The first kappa shape index (κ1) is 31.6. The first-order valence-corrected chi connectivity index (χ1v) is 19.1. The minimum absolute atomic E-state index is 0.101. The molecule has 0 atom stereocenters. The second-order valence-corrected chi connectivity index (χ2v) is 15.3. The summed E-state index contributed by atoms with van der Waals surface area (Å²) in [4.78, 5) is 2.41. The molecular formula is C53H37NO. The van der Waals surface area contributed by atoms with E-state index in [1.165, 1.54) is 60.5 Å². The molecule has 0 aliphatic heterocycles. The number of para-hydroxylation sites is 2. The number of rotatable bonds is 5. The Morgan fingerprint density at radius 3 is 2.00 bits per heavy atom. The van der Waals surface area contributed by atoms with Crippen molar-refractivity contribution >= 4 is 60.5 Å². The van der Waals surface area contributed by atoms with Crippen LogP contribution in [-0.2, 0) is 5.41 Å². The molecule has 1 aliphatic rings. The highest BCUT2D eigenvalue weighted by Crippen LogP contribution is 2.55. The van der Waals surface area contributed by atoms with E-state index in [-0.39, 0.29) is 5.41 Å². The Kier molecular flexibility index (Phi) is 6.93. The molecule has 1 aromatic heterocycles. The first-order chi connectivity index (χ1) is 27.0. The van der Waals surface area contributed by atoms with Crippen LogP contribution in [0.1, 0.15) is 25.0 Å². The number of benzene rings is 9. The summed E-state index contributed by atoms with van der Waals surface area (Å²) in [6.45, 7) is 4.76. The average Bonchev–Trinajstić information content (AvgIpc) is 3.74. The topological polar surface area (TPSA) is 16.4 Å². The van der Waals surface area contributed by atoms with E-state index in [9.17, 15) is 0 Å². The van der Waals surface area contributed by atoms with E-state index in [1.807, 2.05) is 6.07 Å². The van der Waals surface area contributed by atoms with Crippen LogP contribution in [-0.4, -0.2) is 0 Å². The molecule has 0 saturated carbocycles. The van der Waals surface area contributed by atoms with Gasteiger partial charge in [-0.25, -0.2) is 0 Å². The van der Waals surface area contributed by atoms with Crippen molar-refractivity contribution in [1.82, 2.24) is 0 Å². The van der Waals surface area contributed by atoms with Crippen LogP contribution in [0.5, 0.6) is 0 Å². The smallest absolute Gasteiger partial charge is 0.137 e. The highest BCUT2D eigenvalue weighted by Gasteiger charge is 2.38. The Labute approximate surface area is 320 Å². The molecule has 55 heavy (non-hydrogen) atoms. The Morgan fingerprint density at radius 1 is 0.436 bits per heavy atom. The van der Waals surface area contributed by atoms with Gasteiger partial charge in [0.05, 0.1) is 16.8 Å². The molecule has 0 saturated heterocycles. The minimum atomic E-state index is -0.101. The van der Waals surface area contributed by atoms with Crippen LogP contribution in [0.3, 0.4) is 0 Å². The summed E-state index contributed by atoms with van der Waals surface area (Å²) in [7, 11) is 0. The monoisotopic (exact) mass is 703 g/mol. The van der Waals surface area contributed by atoms with Gasteiger partial charge in [-0.2, -0.15) is 0 Å². The van der Waals surface area contributed by atoms with Crippen molar-refractivity contribution in [2.75, 3.05) is 4.90 Å². The third-order valence-corrected chi connectivity index (χ3v) is 11.8. The number of hydrogen-bond donors (Lipinski definition) is 0. The van der Waals surface area contributed by atoms with Crippen molar-refractivity contribution in [1.29, 1.82) is 0 Å². The molecule has 0 N–H and O–H groups in total. The summed E-state index contributed by atoms with van der Waals surface area (Å²) in [5.74, 6) is 0. The lowest BCUT2D eigenvalue weighted by Gasteiger charge is -2.29. The molecule has 1 aliphatic carbocycles. The van der Waals surface area contributed by atoms with Crippen LogP contribution in [0.25, 0.3) is 76.9 Å². The summed E-state index contributed by atoms with van der Waals surface area (Å²) in [6, 6.07) is 68.3. The normalized spacial score (nSPS) is 13.1. The molecule has 0 bridgehead atoms. The van der Waals surface area contributed by atoms with Crippen molar-refractivity contribution in [3.63, 3.8) is 0 Å². The van der Waals surface area contributed by atoms with Crippen molar-refractivity contribution in [2.24, 2.45) is 0 Å². The van der Waals surface area contributed by atoms with Gasteiger partial charge >= 0.3 is 0 Å². The number of anilines is 3. The Hall–Kier alpha value is -6.90. The Balaban J connectivity index is 1.12. The first-order valence-electron chi connectivity index (χ1n) is 19.1. The van der Waals surface area contributed by atoms with Gasteiger partial charge in [0.15, 0.2) is 0 Å². The highest BCUT2D eigenvalue weighted by molar-refractivity contribution is 6.14. The van der Waals surface area contributed by atoms with Gasteiger partial charge in [-0.1, -0.05) is 153 Å². The molecule has 0 fully saturated rings. The summed E-state index contributed by atoms with van der Waals surface area (Å²) >= 11 is 0. The standard InChI is InChI=1S/C53H37NO/c1-53(2)45-22-11-8-20-42(45)50-44(33-37-17-6-7-19-41(37)52(50)53)38-28-27-36-32-39(30-29-35(36)31-38)54(46-23-12-9-18-40(46)34-15-4-3-5-16-34)47-24-14-26-49-51(47)43-21-10-13-25-48(43)55-49/h3-33H,1-2H3. The molecule has 2 nitrogen and oxygen atoms in total. The molecule has 0 radical (unpaired) electrons. The van der Waals surface area contributed by atoms with Crippen molar-refractivity contribution in [2.45, 2.75) is 19.3 Å². The van der Waals surface area contributed by atoms with Gasteiger partial charge in [-0.3, -0.25) is 0 Å². The second kappa shape index (κ2) is 12.1. The van der Waals surface area contributed by atoms with E-state index in [4.69, 9.17) is 4.42 Å². The lowest BCUT2D eigenvalue weighted by molar-refractivity contribution is 0.666. The van der Waals surface area contributed by atoms with Gasteiger partial charge in [0.1, 0.15) is 11.2 Å². The van der Waals surface area contributed by atoms with E-state index >= 15 is 0 Å². The molecule has 0 amide bonds. The minimum Gasteiger partial charge on any atom is -0.456 e. The van der Waals surface area contributed by atoms with E-state index in [0.29, 0.717) is 0 Å². The average molecular weight is 704 g/mol. The van der Waals surface area contributed by atoms with Crippen LogP contribution >= 0.6 is 0 Å². The van der Waals surface area contributed by atoms with Gasteiger partial charge < -0.3 is 9.32 Å². The Bertz CT molecular complexity index is 3130. The van der Waals surface area contributed by atoms with Crippen LogP contribution < -0.4 is 4.90 Å². The molecule has 9 aromatic carbocycles. The van der Waals surface area contributed by atoms with Crippen molar-refractivity contribution < 1.29 is 4.42 Å². The maximum Gasteiger partial charge on any atom is 0.137 e. The second-order valence-electron chi connectivity index (χ2n) is 15.3. The number of hydrogen-bond acceptors (Lipinski definition) is 2. The molecular weight excluding hydrogens is 667 g/mol. The van der Waals surface area contributed by atoms with E-state index in [1.54, 1.807) is 0 Å². The van der Waals surface area contributed by atoms with E-state index in [0.717, 1.165) is 44.6 Å². The third-order valence-electron chi connectivity index (χ3n) is 11.8. The highest BCUT2D eigenvalue weighted by atomic mass is 16.3. The number of nitrogens with zero attached hydrogens (tertiary/aromatic N) is 1. The lowest BCUT2D eigenvalue weighted by Crippen LogP contribution is -2.15. The van der Waals surface area contributed by atoms with Gasteiger partial charge in [-0.05, 0) is 109 Å². The summed E-state index contributed by atoms with van der Waals surface area (Å²) in [6.07, 6.45) is 0. The molecule has 1 heterocycles.